The third-order valence-corrected chi connectivity index (χ3v) is 9.24. The zero-order valence-electron chi connectivity index (χ0n) is 22.9. The van der Waals surface area contributed by atoms with Gasteiger partial charge in [0.1, 0.15) is 0 Å². The van der Waals surface area contributed by atoms with Crippen molar-refractivity contribution in [1.29, 1.82) is 0 Å². The van der Waals surface area contributed by atoms with Gasteiger partial charge in [-0.3, -0.25) is 9.97 Å². The van der Waals surface area contributed by atoms with Gasteiger partial charge in [-0.25, -0.2) is 0 Å². The Balaban J connectivity index is 1.12. The van der Waals surface area contributed by atoms with Crippen molar-refractivity contribution in [2.45, 2.75) is 26.7 Å². The number of aromatic nitrogens is 4. The predicted molar refractivity (Wildman–Crippen MR) is 166 cm³/mol. The monoisotopic (exact) mass is 520 g/mol. The number of nitrogens with zero attached hydrogens (tertiary/aromatic N) is 4. The van der Waals surface area contributed by atoms with Crippen molar-refractivity contribution in [2.24, 2.45) is 23.7 Å². The summed E-state index contributed by atoms with van der Waals surface area (Å²) < 4.78 is 4.88. The molecule has 4 unspecified atom stereocenters. The van der Waals surface area contributed by atoms with E-state index in [0.29, 0.717) is 23.7 Å². The molecular weight excluding hydrogens is 488 g/mol. The topological polar surface area (TPSA) is 35.6 Å². The van der Waals surface area contributed by atoms with E-state index in [1.165, 1.54) is 55.4 Å². The number of pyridine rings is 2. The Bertz CT molecular complexity index is 1900. The first-order valence-corrected chi connectivity index (χ1v) is 14.5. The molecule has 8 rings (SSSR count). The maximum absolute atomic E-state index is 4.43. The number of rotatable bonds is 3. The van der Waals surface area contributed by atoms with Gasteiger partial charge in [0.2, 0.25) is 0 Å². The number of fused-ring (bicyclic) bond motifs is 6. The van der Waals surface area contributed by atoms with Crippen molar-refractivity contribution < 1.29 is 0 Å². The average molecular weight is 521 g/mol. The standard InChI is InChI=1S/C36H32N4/c1-23-19-25(39-33-9-5-3-7-29(33)31-21-37-17-15-35(31)39)11-13-27(23)28-14-12-26(20-24(28)2)40-34-10-6-4-8-30(34)32-22-38-18-16-36(32)40/h3-5,7-9,11-24,27-28H,6,10H2,1-2H3. The number of hydrogen-bond donors (Lipinski definition) is 0. The van der Waals surface area contributed by atoms with Crippen molar-refractivity contribution in [3.05, 3.63) is 115 Å². The SMILES string of the molecule is CC1C=C(n2c3c(c4cnccc42)C=CCC3)C=CC1C1C=CC(n2c3ccccc3c3cnccc32)=CC1C. The minimum atomic E-state index is 0.418. The fourth-order valence-electron chi connectivity index (χ4n) is 7.35. The van der Waals surface area contributed by atoms with Gasteiger partial charge in [-0.15, -0.1) is 0 Å². The molecule has 4 nitrogen and oxygen atoms in total. The van der Waals surface area contributed by atoms with Crippen LogP contribution >= 0.6 is 0 Å². The summed E-state index contributed by atoms with van der Waals surface area (Å²) in [4.78, 5) is 8.84. The molecule has 40 heavy (non-hydrogen) atoms. The maximum atomic E-state index is 4.43. The highest BCUT2D eigenvalue weighted by Crippen LogP contribution is 2.42. The normalized spacial score (nSPS) is 24.1. The first-order chi connectivity index (χ1) is 19.7. The van der Waals surface area contributed by atoms with Gasteiger partial charge in [0.15, 0.2) is 0 Å². The number of hydrogen-bond acceptors (Lipinski definition) is 2. The van der Waals surface area contributed by atoms with E-state index in [1.807, 2.05) is 24.8 Å². The van der Waals surface area contributed by atoms with Crippen molar-refractivity contribution in [3.63, 3.8) is 0 Å². The second kappa shape index (κ2) is 9.06. The zero-order valence-corrected chi connectivity index (χ0v) is 22.9. The number of para-hydroxylation sites is 1. The molecular formula is C36H32N4. The van der Waals surface area contributed by atoms with Crippen LogP contribution in [0, 0.1) is 23.7 Å². The minimum absolute atomic E-state index is 0.418. The molecule has 0 fully saturated rings. The average Bonchev–Trinajstić information content (AvgIpc) is 3.51. The summed E-state index contributed by atoms with van der Waals surface area (Å²) in [6, 6.07) is 13.0. The Hall–Kier alpha value is -4.44. The molecule has 0 radical (unpaired) electrons. The van der Waals surface area contributed by atoms with Crippen LogP contribution in [0.5, 0.6) is 0 Å². The highest BCUT2D eigenvalue weighted by atomic mass is 15.0. The molecule has 0 aliphatic heterocycles. The first-order valence-electron chi connectivity index (χ1n) is 14.5. The summed E-state index contributed by atoms with van der Waals surface area (Å²) >= 11 is 0. The summed E-state index contributed by atoms with van der Waals surface area (Å²) in [7, 11) is 0. The third kappa shape index (κ3) is 3.45. The van der Waals surface area contributed by atoms with E-state index in [4.69, 9.17) is 0 Å². The lowest BCUT2D eigenvalue weighted by atomic mass is 9.72. The van der Waals surface area contributed by atoms with Crippen LogP contribution in [0.25, 0.3) is 50.2 Å². The maximum Gasteiger partial charge on any atom is 0.0571 e. The molecule has 1 aromatic carbocycles. The van der Waals surface area contributed by atoms with Gasteiger partial charge in [0.25, 0.3) is 0 Å². The van der Waals surface area contributed by atoms with Crippen LogP contribution in [-0.2, 0) is 6.42 Å². The van der Waals surface area contributed by atoms with Gasteiger partial charge in [-0.2, -0.15) is 0 Å². The minimum Gasteiger partial charge on any atom is -0.313 e. The zero-order chi connectivity index (χ0) is 26.8. The third-order valence-electron chi connectivity index (χ3n) is 9.24. The predicted octanol–water partition coefficient (Wildman–Crippen LogP) is 8.52. The van der Waals surface area contributed by atoms with Crippen LogP contribution in [0.3, 0.4) is 0 Å². The van der Waals surface area contributed by atoms with Gasteiger partial charge < -0.3 is 9.13 Å². The molecule has 0 saturated carbocycles. The molecule has 0 saturated heterocycles. The lowest BCUT2D eigenvalue weighted by Crippen LogP contribution is -2.26. The smallest absolute Gasteiger partial charge is 0.0571 e. The molecule has 5 aromatic rings. The Labute approximate surface area is 234 Å². The van der Waals surface area contributed by atoms with Gasteiger partial charge in [0, 0.05) is 63.6 Å². The highest BCUT2D eigenvalue weighted by molar-refractivity contribution is 6.10. The molecule has 4 heterocycles. The largest absolute Gasteiger partial charge is 0.313 e. The van der Waals surface area contributed by atoms with Crippen LogP contribution in [-0.4, -0.2) is 19.1 Å². The summed E-state index contributed by atoms with van der Waals surface area (Å²) in [5, 5.41) is 3.71. The van der Waals surface area contributed by atoms with Gasteiger partial charge in [-0.1, -0.05) is 68.5 Å². The van der Waals surface area contributed by atoms with E-state index < -0.39 is 0 Å². The second-order valence-corrected chi connectivity index (χ2v) is 11.5. The molecule has 4 atom stereocenters. The second-order valence-electron chi connectivity index (χ2n) is 11.5. The Kier molecular flexibility index (Phi) is 5.31. The van der Waals surface area contributed by atoms with Gasteiger partial charge in [0.05, 0.1) is 16.6 Å². The Morgan fingerprint density at radius 3 is 2.02 bits per heavy atom. The van der Waals surface area contributed by atoms with E-state index >= 15 is 0 Å². The van der Waals surface area contributed by atoms with E-state index in [1.54, 1.807) is 0 Å². The molecule has 196 valence electrons. The molecule has 0 amide bonds. The fourth-order valence-corrected chi connectivity index (χ4v) is 7.35. The molecule has 4 heteroatoms. The molecule has 0 spiro atoms. The van der Waals surface area contributed by atoms with Crippen LogP contribution in [0.2, 0.25) is 0 Å². The first kappa shape index (κ1) is 23.4. The number of benzene rings is 1. The van der Waals surface area contributed by atoms with Crippen molar-refractivity contribution in [2.75, 3.05) is 0 Å². The fraction of sp³-hybridized carbons (Fsp3) is 0.222. The van der Waals surface area contributed by atoms with Crippen molar-refractivity contribution in [1.82, 2.24) is 19.1 Å². The molecule has 4 aromatic heterocycles. The number of allylic oxidation sites excluding steroid dienone is 9. The van der Waals surface area contributed by atoms with Gasteiger partial charge >= 0.3 is 0 Å². The van der Waals surface area contributed by atoms with Crippen LogP contribution < -0.4 is 0 Å². The molecule has 0 N–H and O–H groups in total. The highest BCUT2D eigenvalue weighted by Gasteiger charge is 2.31. The van der Waals surface area contributed by atoms with Crippen LogP contribution in [0.4, 0.5) is 0 Å². The molecule has 3 aliphatic rings. The molecule has 0 bridgehead atoms. The van der Waals surface area contributed by atoms with Crippen LogP contribution in [0.15, 0.2) is 104 Å². The van der Waals surface area contributed by atoms with Crippen LogP contribution in [0.1, 0.15) is 31.5 Å². The lowest BCUT2D eigenvalue weighted by Gasteiger charge is -2.34. The van der Waals surface area contributed by atoms with E-state index in [9.17, 15) is 0 Å². The summed E-state index contributed by atoms with van der Waals surface area (Å²) in [6.45, 7) is 4.76. The lowest BCUT2D eigenvalue weighted by molar-refractivity contribution is 0.331. The Morgan fingerprint density at radius 2 is 1.30 bits per heavy atom. The van der Waals surface area contributed by atoms with Crippen molar-refractivity contribution in [3.8, 4) is 0 Å². The molecule has 3 aliphatic carbocycles. The Morgan fingerprint density at radius 1 is 0.675 bits per heavy atom. The van der Waals surface area contributed by atoms with Crippen molar-refractivity contribution >= 4 is 50.2 Å². The quantitative estimate of drug-likeness (QED) is 0.239. The summed E-state index contributed by atoms with van der Waals surface area (Å²) in [6.07, 6.45) is 29.1. The summed E-state index contributed by atoms with van der Waals surface area (Å²) in [5.41, 5.74) is 8.98. The summed E-state index contributed by atoms with van der Waals surface area (Å²) in [5.74, 6) is 1.75. The van der Waals surface area contributed by atoms with E-state index in [2.05, 4.69) is 118 Å². The van der Waals surface area contributed by atoms with E-state index in [-0.39, 0.29) is 0 Å². The van der Waals surface area contributed by atoms with E-state index in [0.717, 1.165) is 12.8 Å². The van der Waals surface area contributed by atoms with Gasteiger partial charge in [-0.05, 0) is 66.9 Å².